The summed E-state index contributed by atoms with van der Waals surface area (Å²) in [5.41, 5.74) is 0. The summed E-state index contributed by atoms with van der Waals surface area (Å²) in [7, 11) is 0. The molecule has 3 nitrogen and oxygen atoms in total. The van der Waals surface area contributed by atoms with E-state index in [4.69, 9.17) is 13.3 Å². The number of rotatable bonds is 0. The van der Waals surface area contributed by atoms with Crippen molar-refractivity contribution in [3.8, 4) is 0 Å². The van der Waals surface area contributed by atoms with E-state index in [9.17, 15) is 0 Å². The topological polar surface area (TPSA) is 57.5 Å². The van der Waals surface area contributed by atoms with E-state index in [1.165, 1.54) is 0 Å². The van der Waals surface area contributed by atoms with Crippen molar-refractivity contribution < 1.29 is 66.7 Å². The molecular formula is H3AgNaO3S. The molecule has 0 aromatic carbocycles. The van der Waals surface area contributed by atoms with Gasteiger partial charge in [0.05, 0.1) is 0 Å². The van der Waals surface area contributed by atoms with Gasteiger partial charge in [-0.15, -0.1) is 0 Å². The van der Waals surface area contributed by atoms with E-state index in [0.717, 1.165) is 0 Å². The van der Waals surface area contributed by atoms with Gasteiger partial charge in [0.15, 0.2) is 0 Å². The monoisotopic (exact) mass is 213 g/mol. The molecule has 6 heteroatoms. The van der Waals surface area contributed by atoms with E-state index < -0.39 is 11.4 Å². The molecule has 39 valence electrons. The zero-order valence-electron chi connectivity index (χ0n) is 4.01. The third-order valence-corrected chi connectivity index (χ3v) is 0. The Kier molecular flexibility index (Phi) is 25.9. The summed E-state index contributed by atoms with van der Waals surface area (Å²) in [6.45, 7) is 0. The molecule has 0 rings (SSSR count). The first-order valence-electron chi connectivity index (χ1n) is 0.532. The van der Waals surface area contributed by atoms with Crippen LogP contribution in [-0.2, 0) is 33.7 Å². The molecule has 6 heavy (non-hydrogen) atoms. The van der Waals surface area contributed by atoms with E-state index in [1.807, 2.05) is 0 Å². The van der Waals surface area contributed by atoms with Gasteiger partial charge in [-0.1, -0.05) is 0 Å². The van der Waals surface area contributed by atoms with Crippen LogP contribution in [0.25, 0.3) is 0 Å². The van der Waals surface area contributed by atoms with Crippen LogP contribution in [0.4, 0.5) is 0 Å². The second-order valence-corrected chi connectivity index (χ2v) is 0.692. The van der Waals surface area contributed by atoms with E-state index in [-0.39, 0.29) is 53.4 Å². The molecule has 0 atom stereocenters. The molecule has 1 radical (unpaired) electrons. The zero-order valence-corrected chi connectivity index (χ0v) is 7.31. The summed E-state index contributed by atoms with van der Waals surface area (Å²) >= 11 is -2.61. The largest absolute Gasteiger partial charge is 1.00 e. The molecule has 0 aliphatic carbocycles. The van der Waals surface area contributed by atoms with Crippen molar-refractivity contribution in [2.75, 3.05) is 0 Å². The van der Waals surface area contributed by atoms with E-state index in [0.29, 0.717) is 0 Å². The maximum Gasteiger partial charge on any atom is 1.00 e. The predicted molar refractivity (Wildman–Crippen MR) is 14.5 cm³/mol. The average Bonchev–Trinajstić information content (AvgIpc) is 0.811. The van der Waals surface area contributed by atoms with Crippen molar-refractivity contribution in [3.63, 3.8) is 0 Å². The van der Waals surface area contributed by atoms with Crippen LogP contribution in [0.5, 0.6) is 0 Å². The first kappa shape index (κ1) is 15.7. The fourth-order valence-corrected chi connectivity index (χ4v) is 0. The van der Waals surface area contributed by atoms with Crippen molar-refractivity contribution in [2.45, 2.75) is 0 Å². The maximum absolute atomic E-state index is 8.67. The van der Waals surface area contributed by atoms with Crippen LogP contribution in [-0.4, -0.2) is 13.3 Å². The summed E-state index contributed by atoms with van der Waals surface area (Å²) in [5.74, 6) is 0. The second-order valence-electron chi connectivity index (χ2n) is 0.231. The Balaban J connectivity index is -0.0000000150. The zero-order chi connectivity index (χ0) is 3.58. The fourth-order valence-electron chi connectivity index (χ4n) is 0. The molecule has 0 heterocycles. The van der Waals surface area contributed by atoms with Gasteiger partial charge >= 0.3 is 29.6 Å². The summed E-state index contributed by atoms with van der Waals surface area (Å²) in [6, 6.07) is 0. The summed E-state index contributed by atoms with van der Waals surface area (Å²) in [4.78, 5) is 0. The van der Waals surface area contributed by atoms with Crippen molar-refractivity contribution in [1.82, 2.24) is 0 Å². The summed E-state index contributed by atoms with van der Waals surface area (Å²) in [5, 5.41) is 0. The van der Waals surface area contributed by atoms with Crippen LogP contribution in [0.3, 0.4) is 0 Å². The molecule has 0 aromatic rings. The molecule has 0 amide bonds. The Morgan fingerprint density at radius 3 is 1.50 bits per heavy atom. The molecule has 0 aliphatic rings. The van der Waals surface area contributed by atoms with E-state index in [1.54, 1.807) is 0 Å². The van der Waals surface area contributed by atoms with Crippen LogP contribution in [0.1, 0.15) is 1.43 Å². The molecule has 0 saturated carbocycles. The molecule has 0 unspecified atom stereocenters. The molecule has 0 aliphatic heterocycles. The first-order chi connectivity index (χ1) is 1.73. The van der Waals surface area contributed by atoms with Gasteiger partial charge in [-0.05, 0) is 0 Å². The molecule has 0 bridgehead atoms. The van der Waals surface area contributed by atoms with Crippen LogP contribution >= 0.6 is 0 Å². The Labute approximate surface area is 77.3 Å². The Morgan fingerprint density at radius 1 is 1.50 bits per heavy atom. The smallest absolute Gasteiger partial charge is 1.00 e. The second kappa shape index (κ2) is 9.94. The first-order valence-corrected chi connectivity index (χ1v) is 1.60. The van der Waals surface area contributed by atoms with Crippen LogP contribution < -0.4 is 29.6 Å². The summed E-state index contributed by atoms with van der Waals surface area (Å²) < 4.78 is 22.8. The Hall–Kier alpha value is 1.81. The molecule has 0 fully saturated rings. The Bertz CT molecular complexity index is 37.9. The van der Waals surface area contributed by atoms with E-state index >= 15 is 0 Å². The van der Waals surface area contributed by atoms with Gasteiger partial charge in [0, 0.05) is 22.4 Å². The maximum atomic E-state index is 8.67. The summed E-state index contributed by atoms with van der Waals surface area (Å²) in [6.07, 6.45) is 0. The van der Waals surface area contributed by atoms with Crippen molar-refractivity contribution in [1.29, 1.82) is 0 Å². The van der Waals surface area contributed by atoms with Gasteiger partial charge in [-0.3, -0.25) is 9.11 Å². The van der Waals surface area contributed by atoms with E-state index in [2.05, 4.69) is 0 Å². The predicted octanol–water partition coefficient (Wildman–Crippen LogP) is -3.20. The average molecular weight is 214 g/mol. The molecule has 0 aromatic heterocycles. The fraction of sp³-hybridized carbons (Fsp3) is 0. The van der Waals surface area contributed by atoms with Crippen LogP contribution in [0.2, 0.25) is 0 Å². The van der Waals surface area contributed by atoms with Gasteiger partial charge in [0.1, 0.15) is 0 Å². The molecule has 0 spiro atoms. The minimum Gasteiger partial charge on any atom is -1.00 e. The third kappa shape index (κ3) is 41.0. The van der Waals surface area contributed by atoms with Crippen LogP contribution in [0.15, 0.2) is 0 Å². The third-order valence-electron chi connectivity index (χ3n) is 0. The van der Waals surface area contributed by atoms with Gasteiger partial charge in [-0.2, -0.15) is 4.21 Å². The van der Waals surface area contributed by atoms with Gasteiger partial charge in [0.25, 0.3) is 11.4 Å². The normalized spacial score (nSPS) is 5.83. The van der Waals surface area contributed by atoms with Crippen molar-refractivity contribution in [3.05, 3.63) is 0 Å². The van der Waals surface area contributed by atoms with Crippen LogP contribution in [0, 0.1) is 0 Å². The van der Waals surface area contributed by atoms with Gasteiger partial charge < -0.3 is 1.43 Å². The quantitative estimate of drug-likeness (QED) is 0.329. The molecule has 0 saturated heterocycles. The van der Waals surface area contributed by atoms with Crippen molar-refractivity contribution >= 4 is 11.4 Å². The number of hydrogen-bond acceptors (Lipinski definition) is 1. The standard InChI is InChI=1S/Ag.Na.H2O3S.H/c;;1-4(2)3;/h;;(H2,1,2,3);/q;+1;;-1. The molecular weight excluding hydrogens is 211 g/mol. The molecule has 2 N–H and O–H groups in total. The minimum absolute atomic E-state index is 0. The Morgan fingerprint density at radius 2 is 1.50 bits per heavy atom. The van der Waals surface area contributed by atoms with Gasteiger partial charge in [0.2, 0.25) is 0 Å². The SMILES string of the molecule is O=S(O)O.[Ag].[H-].[Na+]. The number of hydrogen-bond donors (Lipinski definition) is 2. The van der Waals surface area contributed by atoms with Gasteiger partial charge in [-0.25, -0.2) is 0 Å². The van der Waals surface area contributed by atoms with Crippen molar-refractivity contribution in [2.24, 2.45) is 0 Å². The minimum atomic E-state index is -2.61.